The average Bonchev–Trinajstić information content (AvgIpc) is 2.21. The second kappa shape index (κ2) is 5.82. The predicted molar refractivity (Wildman–Crippen MR) is 72.0 cm³/mol. The normalized spacial score (nSPS) is 12.6. The maximum atomic E-state index is 11.8. The highest BCUT2D eigenvalue weighted by molar-refractivity contribution is 5.95. The van der Waals surface area contributed by atoms with Crippen LogP contribution in [0.3, 0.4) is 0 Å². The minimum Gasteiger partial charge on any atom is -0.324 e. The summed E-state index contributed by atoms with van der Waals surface area (Å²) in [4.78, 5) is 11.8. The molecule has 1 amide bonds. The Kier molecular flexibility index (Phi) is 4.70. The number of nitrogens with two attached hydrogens (primary N) is 1. The summed E-state index contributed by atoms with van der Waals surface area (Å²) >= 11 is 0. The predicted octanol–water partition coefficient (Wildman–Crippen LogP) is 2.62. The second-order valence-corrected chi connectivity index (χ2v) is 5.04. The Morgan fingerprint density at radius 1 is 1.35 bits per heavy atom. The van der Waals surface area contributed by atoms with Gasteiger partial charge in [-0.1, -0.05) is 31.5 Å². The summed E-state index contributed by atoms with van der Waals surface area (Å²) in [6.45, 7) is 8.13. The Morgan fingerprint density at radius 3 is 2.53 bits per heavy atom. The molecule has 1 atom stereocenters. The van der Waals surface area contributed by atoms with Crippen molar-refractivity contribution in [2.75, 3.05) is 5.32 Å². The molecule has 0 spiro atoms. The van der Waals surface area contributed by atoms with Crippen molar-refractivity contribution in [3.8, 4) is 0 Å². The Bertz CT molecular complexity index is 399. The van der Waals surface area contributed by atoms with Gasteiger partial charge in [-0.05, 0) is 37.8 Å². The van der Waals surface area contributed by atoms with Gasteiger partial charge in [0.25, 0.3) is 0 Å². The van der Waals surface area contributed by atoms with E-state index >= 15 is 0 Å². The Morgan fingerprint density at radius 2 is 2.00 bits per heavy atom. The molecule has 1 aromatic carbocycles. The third kappa shape index (κ3) is 4.19. The van der Waals surface area contributed by atoms with E-state index in [0.29, 0.717) is 12.3 Å². The van der Waals surface area contributed by atoms with Crippen LogP contribution < -0.4 is 11.1 Å². The van der Waals surface area contributed by atoms with Crippen LogP contribution in [0.1, 0.15) is 31.4 Å². The van der Waals surface area contributed by atoms with Gasteiger partial charge >= 0.3 is 0 Å². The van der Waals surface area contributed by atoms with Crippen LogP contribution in [-0.2, 0) is 4.79 Å². The van der Waals surface area contributed by atoms with E-state index in [0.717, 1.165) is 11.3 Å². The molecule has 3 nitrogen and oxygen atoms in total. The van der Waals surface area contributed by atoms with Crippen LogP contribution in [0.5, 0.6) is 0 Å². The summed E-state index contributed by atoms with van der Waals surface area (Å²) in [5.74, 6) is 0.320. The van der Waals surface area contributed by atoms with Gasteiger partial charge in [-0.25, -0.2) is 0 Å². The second-order valence-electron chi connectivity index (χ2n) is 5.04. The zero-order valence-corrected chi connectivity index (χ0v) is 11.1. The number of amides is 1. The maximum Gasteiger partial charge on any atom is 0.241 e. The van der Waals surface area contributed by atoms with Crippen molar-refractivity contribution in [2.45, 2.75) is 40.2 Å². The van der Waals surface area contributed by atoms with E-state index < -0.39 is 6.04 Å². The molecule has 0 aromatic heterocycles. The van der Waals surface area contributed by atoms with Gasteiger partial charge in [-0.15, -0.1) is 0 Å². The quantitative estimate of drug-likeness (QED) is 0.841. The molecule has 0 saturated heterocycles. The fourth-order valence-corrected chi connectivity index (χ4v) is 1.79. The highest BCUT2D eigenvalue weighted by Gasteiger charge is 2.15. The van der Waals surface area contributed by atoms with Gasteiger partial charge < -0.3 is 11.1 Å². The molecule has 0 radical (unpaired) electrons. The molecule has 3 N–H and O–H groups in total. The van der Waals surface area contributed by atoms with E-state index in [1.54, 1.807) is 0 Å². The highest BCUT2D eigenvalue weighted by atomic mass is 16.2. The van der Waals surface area contributed by atoms with E-state index in [4.69, 9.17) is 5.73 Å². The molecule has 0 aliphatic rings. The van der Waals surface area contributed by atoms with Gasteiger partial charge in [0.15, 0.2) is 0 Å². The fourth-order valence-electron chi connectivity index (χ4n) is 1.79. The lowest BCUT2D eigenvalue weighted by molar-refractivity contribution is -0.117. The zero-order valence-electron chi connectivity index (χ0n) is 11.1. The standard InChI is InChI=1S/C14H22N2O/c1-9(2)7-12(15)14(17)16-13-6-5-10(3)8-11(13)4/h5-6,8-9,12H,7,15H2,1-4H3,(H,16,17)/t12-/m0/s1. The monoisotopic (exact) mass is 234 g/mol. The number of carbonyl (C=O) groups is 1. The zero-order chi connectivity index (χ0) is 13.0. The Balaban J connectivity index is 2.67. The van der Waals surface area contributed by atoms with Gasteiger partial charge in [-0.3, -0.25) is 4.79 Å². The van der Waals surface area contributed by atoms with Crippen LogP contribution in [0.25, 0.3) is 0 Å². The highest BCUT2D eigenvalue weighted by Crippen LogP contribution is 2.16. The lowest BCUT2D eigenvalue weighted by atomic mass is 10.0. The van der Waals surface area contributed by atoms with E-state index in [-0.39, 0.29) is 5.91 Å². The summed E-state index contributed by atoms with van der Waals surface area (Å²) in [7, 11) is 0. The molecule has 0 aliphatic carbocycles. The number of hydrogen-bond donors (Lipinski definition) is 2. The molecule has 0 unspecified atom stereocenters. The first-order chi connectivity index (χ1) is 7.90. The Labute approximate surface area is 103 Å². The Hall–Kier alpha value is -1.35. The number of benzene rings is 1. The van der Waals surface area contributed by atoms with Crippen molar-refractivity contribution < 1.29 is 4.79 Å². The lowest BCUT2D eigenvalue weighted by Gasteiger charge is -2.15. The van der Waals surface area contributed by atoms with Gasteiger partial charge in [0.1, 0.15) is 0 Å². The van der Waals surface area contributed by atoms with Gasteiger partial charge in [0, 0.05) is 5.69 Å². The van der Waals surface area contributed by atoms with Crippen molar-refractivity contribution in [1.29, 1.82) is 0 Å². The average molecular weight is 234 g/mol. The first kappa shape index (κ1) is 13.7. The molecule has 0 fully saturated rings. The van der Waals surface area contributed by atoms with Crippen LogP contribution >= 0.6 is 0 Å². The van der Waals surface area contributed by atoms with Crippen LogP contribution in [0.2, 0.25) is 0 Å². The molecular formula is C14H22N2O. The van der Waals surface area contributed by atoms with Crippen LogP contribution in [0.15, 0.2) is 18.2 Å². The molecule has 0 bridgehead atoms. The van der Waals surface area contributed by atoms with Crippen molar-refractivity contribution in [3.63, 3.8) is 0 Å². The number of anilines is 1. The van der Waals surface area contributed by atoms with Crippen molar-refractivity contribution in [1.82, 2.24) is 0 Å². The number of carbonyl (C=O) groups excluding carboxylic acids is 1. The van der Waals surface area contributed by atoms with Gasteiger partial charge in [0.2, 0.25) is 5.91 Å². The summed E-state index contributed by atoms with van der Waals surface area (Å²) in [5, 5.41) is 2.88. The number of rotatable bonds is 4. The fraction of sp³-hybridized carbons (Fsp3) is 0.500. The smallest absolute Gasteiger partial charge is 0.241 e. The lowest BCUT2D eigenvalue weighted by Crippen LogP contribution is -2.36. The van der Waals surface area contributed by atoms with Crippen LogP contribution in [0.4, 0.5) is 5.69 Å². The maximum absolute atomic E-state index is 11.8. The molecule has 0 aliphatic heterocycles. The SMILES string of the molecule is Cc1ccc(NC(=O)[C@@H](N)CC(C)C)c(C)c1. The molecule has 1 rings (SSSR count). The molecule has 0 saturated carbocycles. The van der Waals surface area contributed by atoms with Crippen LogP contribution in [-0.4, -0.2) is 11.9 Å². The summed E-state index contributed by atoms with van der Waals surface area (Å²) in [5.41, 5.74) is 8.93. The molecule has 94 valence electrons. The number of hydrogen-bond acceptors (Lipinski definition) is 2. The first-order valence-corrected chi connectivity index (χ1v) is 6.04. The summed E-state index contributed by atoms with van der Waals surface area (Å²) in [6, 6.07) is 5.51. The number of aryl methyl sites for hydroxylation is 2. The topological polar surface area (TPSA) is 55.1 Å². The summed E-state index contributed by atoms with van der Waals surface area (Å²) in [6.07, 6.45) is 0.705. The molecule has 0 heterocycles. The van der Waals surface area contributed by atoms with E-state index in [1.807, 2.05) is 32.0 Å². The third-order valence-corrected chi connectivity index (χ3v) is 2.70. The van der Waals surface area contributed by atoms with Crippen molar-refractivity contribution in [2.24, 2.45) is 11.7 Å². The first-order valence-electron chi connectivity index (χ1n) is 6.04. The molecule has 3 heteroatoms. The van der Waals surface area contributed by atoms with Gasteiger partial charge in [-0.2, -0.15) is 0 Å². The molecular weight excluding hydrogens is 212 g/mol. The van der Waals surface area contributed by atoms with Crippen molar-refractivity contribution in [3.05, 3.63) is 29.3 Å². The minimum absolute atomic E-state index is 0.106. The van der Waals surface area contributed by atoms with Gasteiger partial charge in [0.05, 0.1) is 6.04 Å². The minimum atomic E-state index is -0.435. The molecule has 17 heavy (non-hydrogen) atoms. The molecule has 1 aromatic rings. The summed E-state index contributed by atoms with van der Waals surface area (Å²) < 4.78 is 0. The van der Waals surface area contributed by atoms with Crippen molar-refractivity contribution >= 4 is 11.6 Å². The van der Waals surface area contributed by atoms with Crippen LogP contribution in [0, 0.1) is 19.8 Å². The number of nitrogens with one attached hydrogen (secondary N) is 1. The largest absolute Gasteiger partial charge is 0.324 e. The van der Waals surface area contributed by atoms with E-state index in [2.05, 4.69) is 19.2 Å². The van der Waals surface area contributed by atoms with E-state index in [9.17, 15) is 4.79 Å². The van der Waals surface area contributed by atoms with E-state index in [1.165, 1.54) is 5.56 Å². The third-order valence-electron chi connectivity index (χ3n) is 2.70.